The van der Waals surface area contributed by atoms with E-state index in [1.165, 1.54) is 10.1 Å². The quantitative estimate of drug-likeness (QED) is 0.729. The van der Waals surface area contributed by atoms with E-state index in [0.29, 0.717) is 52.6 Å². The summed E-state index contributed by atoms with van der Waals surface area (Å²) in [5, 5.41) is 2.79. The fourth-order valence-electron chi connectivity index (χ4n) is 1.56. The van der Waals surface area contributed by atoms with Gasteiger partial charge >= 0.3 is 7.82 Å². The molecule has 1 N–H and O–H groups in total. The van der Waals surface area contributed by atoms with Crippen molar-refractivity contribution in [2.45, 2.75) is 0 Å². The van der Waals surface area contributed by atoms with Gasteiger partial charge in [-0.15, -0.1) is 12.4 Å². The zero-order valence-electron chi connectivity index (χ0n) is 9.90. The molecule has 0 aromatic heterocycles. The zero-order valence-corrected chi connectivity index (χ0v) is 11.6. The Kier molecular flexibility index (Phi) is 7.01. The number of halogens is 1. The fourth-order valence-corrected chi connectivity index (χ4v) is 2.50. The monoisotopic (exact) mass is 304 g/mol. The third kappa shape index (κ3) is 5.48. The van der Waals surface area contributed by atoms with Gasteiger partial charge in [-0.1, -0.05) is 0 Å². The maximum absolute atomic E-state index is 11.7. The standard InChI is InChI=1S/C8H17N2O6P.ClH/c11-17(12,15-9-1-5-13-6-2-9)16-10-3-7-14-8-4-10;/h1-8H2,(H,11,12);1H. The van der Waals surface area contributed by atoms with Gasteiger partial charge in [0.1, 0.15) is 0 Å². The van der Waals surface area contributed by atoms with Crippen molar-refractivity contribution < 1.29 is 28.2 Å². The molecule has 2 saturated heterocycles. The van der Waals surface area contributed by atoms with Crippen LogP contribution in [0.5, 0.6) is 0 Å². The van der Waals surface area contributed by atoms with Crippen LogP contribution in [0.15, 0.2) is 0 Å². The van der Waals surface area contributed by atoms with Crippen molar-refractivity contribution in [2.75, 3.05) is 52.6 Å². The molecule has 2 heterocycles. The van der Waals surface area contributed by atoms with E-state index in [1.54, 1.807) is 0 Å². The van der Waals surface area contributed by atoms with Gasteiger partial charge in [-0.3, -0.25) is 0 Å². The normalized spacial score (nSPS) is 23.6. The lowest BCUT2D eigenvalue weighted by Crippen LogP contribution is -2.38. The van der Waals surface area contributed by atoms with Crippen molar-refractivity contribution in [3.8, 4) is 0 Å². The number of hydrogen-bond acceptors (Lipinski definition) is 7. The number of rotatable bonds is 4. The second-order valence-electron chi connectivity index (χ2n) is 3.71. The van der Waals surface area contributed by atoms with Crippen molar-refractivity contribution in [1.82, 2.24) is 10.1 Å². The molecule has 2 fully saturated rings. The second-order valence-corrected chi connectivity index (χ2v) is 4.98. The number of ether oxygens (including phenoxy) is 2. The van der Waals surface area contributed by atoms with Crippen LogP contribution in [0, 0.1) is 0 Å². The Labute approximate surface area is 112 Å². The van der Waals surface area contributed by atoms with E-state index in [0.717, 1.165) is 0 Å². The fraction of sp³-hybridized carbons (Fsp3) is 1.00. The number of phosphoric acid groups is 1. The summed E-state index contributed by atoms with van der Waals surface area (Å²) in [6.45, 7) is 3.76. The highest BCUT2D eigenvalue weighted by Crippen LogP contribution is 2.45. The maximum atomic E-state index is 11.7. The third-order valence-electron chi connectivity index (χ3n) is 2.38. The highest BCUT2D eigenvalue weighted by atomic mass is 35.5. The summed E-state index contributed by atoms with van der Waals surface area (Å²) in [7, 11) is -4.09. The van der Waals surface area contributed by atoms with E-state index in [9.17, 15) is 9.46 Å². The van der Waals surface area contributed by atoms with E-state index < -0.39 is 7.82 Å². The van der Waals surface area contributed by atoms with Crippen LogP contribution in [0.4, 0.5) is 0 Å². The Bertz CT molecular complexity index is 261. The van der Waals surface area contributed by atoms with Crippen LogP contribution in [0.3, 0.4) is 0 Å². The molecule has 0 radical (unpaired) electrons. The molecule has 0 atom stereocenters. The minimum absolute atomic E-state index is 0. The summed E-state index contributed by atoms with van der Waals surface area (Å²) in [5.41, 5.74) is 0. The predicted octanol–water partition coefficient (Wildman–Crippen LogP) is 0.0362. The van der Waals surface area contributed by atoms with Crippen LogP contribution >= 0.6 is 20.2 Å². The van der Waals surface area contributed by atoms with E-state index in [2.05, 4.69) is 0 Å². The molecular formula is C8H18ClN2O6P. The van der Waals surface area contributed by atoms with Crippen molar-refractivity contribution in [1.29, 1.82) is 0 Å². The molecule has 2 rings (SSSR count). The molecule has 2 aliphatic heterocycles. The first-order valence-electron chi connectivity index (χ1n) is 5.53. The number of hydroxylamine groups is 4. The summed E-state index contributed by atoms with van der Waals surface area (Å²) in [6.07, 6.45) is 0. The van der Waals surface area contributed by atoms with E-state index in [4.69, 9.17) is 18.7 Å². The van der Waals surface area contributed by atoms with Crippen LogP contribution in [0.25, 0.3) is 0 Å². The molecular weight excluding hydrogens is 287 g/mol. The zero-order chi connectivity index (χ0) is 12.1. The van der Waals surface area contributed by atoms with Crippen LogP contribution < -0.4 is 0 Å². The average Bonchev–Trinajstić information content (AvgIpc) is 2.30. The summed E-state index contributed by atoms with van der Waals surface area (Å²) < 4.78 is 31.8. The lowest BCUT2D eigenvalue weighted by molar-refractivity contribution is -0.178. The van der Waals surface area contributed by atoms with Gasteiger partial charge in [0.25, 0.3) is 0 Å². The first kappa shape index (κ1) is 16.3. The van der Waals surface area contributed by atoms with Crippen LogP contribution in [0.2, 0.25) is 0 Å². The number of morpholine rings is 2. The lowest BCUT2D eigenvalue weighted by Gasteiger charge is -2.30. The lowest BCUT2D eigenvalue weighted by atomic mass is 10.5. The highest BCUT2D eigenvalue weighted by Gasteiger charge is 2.31. The smallest absolute Gasteiger partial charge is 0.379 e. The molecule has 10 heteroatoms. The van der Waals surface area contributed by atoms with E-state index in [1.807, 2.05) is 0 Å². The van der Waals surface area contributed by atoms with Crippen LogP contribution in [0.1, 0.15) is 0 Å². The molecule has 8 nitrogen and oxygen atoms in total. The first-order valence-corrected chi connectivity index (χ1v) is 7.03. The molecule has 0 aromatic carbocycles. The third-order valence-corrected chi connectivity index (χ3v) is 3.25. The van der Waals surface area contributed by atoms with Crippen molar-refractivity contribution >= 4 is 20.2 Å². The maximum Gasteiger partial charge on any atom is 0.505 e. The molecule has 108 valence electrons. The molecule has 0 amide bonds. The van der Waals surface area contributed by atoms with Gasteiger partial charge in [0, 0.05) is 26.2 Å². The molecule has 2 aliphatic rings. The summed E-state index contributed by atoms with van der Waals surface area (Å²) >= 11 is 0. The molecule has 0 aromatic rings. The molecule has 0 unspecified atom stereocenters. The van der Waals surface area contributed by atoms with Gasteiger partial charge < -0.3 is 14.4 Å². The van der Waals surface area contributed by atoms with Gasteiger partial charge in [-0.2, -0.15) is 19.4 Å². The van der Waals surface area contributed by atoms with Gasteiger partial charge in [-0.25, -0.2) is 4.57 Å². The van der Waals surface area contributed by atoms with Gasteiger partial charge in [-0.05, 0) is 0 Å². The Balaban J connectivity index is 0.00000162. The highest BCUT2D eigenvalue weighted by molar-refractivity contribution is 7.47. The van der Waals surface area contributed by atoms with Crippen molar-refractivity contribution in [2.24, 2.45) is 0 Å². The summed E-state index contributed by atoms with van der Waals surface area (Å²) in [6, 6.07) is 0. The number of hydrogen-bond donors (Lipinski definition) is 1. The SMILES string of the molecule is Cl.O=P(O)(ON1CCOCC1)ON1CCOCC1. The predicted molar refractivity (Wildman–Crippen MR) is 64.0 cm³/mol. The van der Waals surface area contributed by atoms with Gasteiger partial charge in [0.15, 0.2) is 0 Å². The Hall–Kier alpha value is 0.240. The average molecular weight is 305 g/mol. The Morgan fingerprint density at radius 1 is 0.889 bits per heavy atom. The largest absolute Gasteiger partial charge is 0.505 e. The van der Waals surface area contributed by atoms with Crippen molar-refractivity contribution in [3.05, 3.63) is 0 Å². The molecule has 0 aliphatic carbocycles. The molecule has 0 bridgehead atoms. The Morgan fingerprint density at radius 3 is 1.56 bits per heavy atom. The first-order chi connectivity index (χ1) is 8.16. The van der Waals surface area contributed by atoms with Gasteiger partial charge in [0.05, 0.1) is 26.4 Å². The van der Waals surface area contributed by atoms with E-state index >= 15 is 0 Å². The minimum Gasteiger partial charge on any atom is -0.379 e. The summed E-state index contributed by atoms with van der Waals surface area (Å²) in [4.78, 5) is 9.57. The molecule has 18 heavy (non-hydrogen) atoms. The van der Waals surface area contributed by atoms with E-state index in [-0.39, 0.29) is 12.4 Å². The van der Waals surface area contributed by atoms with Crippen molar-refractivity contribution in [3.63, 3.8) is 0 Å². The second kappa shape index (κ2) is 7.74. The topological polar surface area (TPSA) is 80.7 Å². The Morgan fingerprint density at radius 2 is 1.22 bits per heavy atom. The van der Waals surface area contributed by atoms with Crippen LogP contribution in [-0.2, 0) is 23.3 Å². The number of nitrogens with zero attached hydrogens (tertiary/aromatic N) is 2. The van der Waals surface area contributed by atoms with Crippen LogP contribution in [-0.4, -0.2) is 67.6 Å². The minimum atomic E-state index is -4.09. The molecule has 0 spiro atoms. The molecule has 0 saturated carbocycles. The van der Waals surface area contributed by atoms with Gasteiger partial charge in [0.2, 0.25) is 0 Å². The summed E-state index contributed by atoms with van der Waals surface area (Å²) in [5.74, 6) is 0.